The number of hydrogen-bond donors (Lipinski definition) is 2. The third kappa shape index (κ3) is 4.67. The number of benzene rings is 1. The number of carboxylic acids is 1. The summed E-state index contributed by atoms with van der Waals surface area (Å²) in [5.41, 5.74) is 0. The molecule has 1 atom stereocenters. The van der Waals surface area contributed by atoms with E-state index in [9.17, 15) is 13.2 Å². The standard InChI is InChI=1S/C11H15NO4S2/c1-9(11(13)14)18(15,16)12-7-8-17-10-5-3-2-4-6-10/h2-6,9,12H,7-8H2,1H3,(H,13,14). The second kappa shape index (κ2) is 6.77. The Morgan fingerprint density at radius 2 is 2.00 bits per heavy atom. The maximum Gasteiger partial charge on any atom is 0.323 e. The van der Waals surface area contributed by atoms with Gasteiger partial charge in [0.05, 0.1) is 0 Å². The quantitative estimate of drug-likeness (QED) is 0.581. The Balaban J connectivity index is 2.36. The summed E-state index contributed by atoms with van der Waals surface area (Å²) in [4.78, 5) is 11.6. The summed E-state index contributed by atoms with van der Waals surface area (Å²) in [5.74, 6) is -0.798. The highest BCUT2D eigenvalue weighted by Gasteiger charge is 2.26. The van der Waals surface area contributed by atoms with Crippen LogP contribution in [-0.4, -0.2) is 37.0 Å². The highest BCUT2D eigenvalue weighted by Crippen LogP contribution is 2.15. The lowest BCUT2D eigenvalue weighted by Gasteiger charge is -2.09. The van der Waals surface area contributed by atoms with Gasteiger partial charge in [0.2, 0.25) is 10.0 Å². The fourth-order valence-electron chi connectivity index (χ4n) is 1.13. The summed E-state index contributed by atoms with van der Waals surface area (Å²) in [5, 5.41) is 7.20. The van der Waals surface area contributed by atoms with Crippen LogP contribution in [0.25, 0.3) is 0 Å². The number of thioether (sulfide) groups is 1. The number of sulfonamides is 1. The van der Waals surface area contributed by atoms with E-state index in [0.717, 1.165) is 11.8 Å². The van der Waals surface area contributed by atoms with Crippen LogP contribution in [0.4, 0.5) is 0 Å². The van der Waals surface area contributed by atoms with E-state index < -0.39 is 21.2 Å². The maximum atomic E-state index is 11.5. The van der Waals surface area contributed by atoms with Crippen LogP contribution < -0.4 is 4.72 Å². The van der Waals surface area contributed by atoms with Gasteiger partial charge in [0, 0.05) is 17.2 Å². The fourth-order valence-corrected chi connectivity index (χ4v) is 2.95. The zero-order valence-electron chi connectivity index (χ0n) is 9.87. The van der Waals surface area contributed by atoms with Gasteiger partial charge in [-0.2, -0.15) is 0 Å². The molecule has 0 aliphatic rings. The third-order valence-corrected chi connectivity index (χ3v) is 4.98. The van der Waals surface area contributed by atoms with Crippen LogP contribution in [0.2, 0.25) is 0 Å². The number of hydrogen-bond acceptors (Lipinski definition) is 4. The number of carbonyl (C=O) groups is 1. The van der Waals surface area contributed by atoms with Gasteiger partial charge in [-0.05, 0) is 19.1 Å². The minimum absolute atomic E-state index is 0.208. The van der Waals surface area contributed by atoms with Crippen molar-refractivity contribution in [3.63, 3.8) is 0 Å². The van der Waals surface area contributed by atoms with E-state index in [0.29, 0.717) is 5.75 Å². The minimum atomic E-state index is -3.78. The predicted molar refractivity (Wildman–Crippen MR) is 71.2 cm³/mol. The third-order valence-electron chi connectivity index (χ3n) is 2.23. The van der Waals surface area contributed by atoms with E-state index in [1.54, 1.807) is 0 Å². The molecule has 0 amide bonds. The van der Waals surface area contributed by atoms with Gasteiger partial charge in [0.1, 0.15) is 0 Å². The van der Waals surface area contributed by atoms with Gasteiger partial charge in [-0.25, -0.2) is 13.1 Å². The van der Waals surface area contributed by atoms with Gasteiger partial charge in [-0.3, -0.25) is 4.79 Å². The Hall–Kier alpha value is -1.05. The molecule has 0 radical (unpaired) electrons. The van der Waals surface area contributed by atoms with Crippen LogP contribution in [0.5, 0.6) is 0 Å². The summed E-state index contributed by atoms with van der Waals surface area (Å²) in [6.45, 7) is 1.36. The average molecular weight is 289 g/mol. The molecule has 5 nitrogen and oxygen atoms in total. The van der Waals surface area contributed by atoms with Crippen molar-refractivity contribution in [3.8, 4) is 0 Å². The molecule has 0 aliphatic heterocycles. The van der Waals surface area contributed by atoms with Crippen molar-refractivity contribution < 1.29 is 18.3 Å². The van der Waals surface area contributed by atoms with Crippen molar-refractivity contribution in [3.05, 3.63) is 30.3 Å². The SMILES string of the molecule is CC(C(=O)O)S(=O)(=O)NCCSc1ccccc1. The first kappa shape index (κ1) is 15.0. The normalized spacial score (nSPS) is 13.2. The highest BCUT2D eigenvalue weighted by atomic mass is 32.2. The second-order valence-electron chi connectivity index (χ2n) is 3.58. The number of rotatable bonds is 7. The van der Waals surface area contributed by atoms with Crippen molar-refractivity contribution in [2.24, 2.45) is 0 Å². The molecule has 0 bridgehead atoms. The van der Waals surface area contributed by atoms with Crippen LogP contribution >= 0.6 is 11.8 Å². The van der Waals surface area contributed by atoms with Gasteiger partial charge in [0.25, 0.3) is 0 Å². The molecule has 1 rings (SSSR count). The molecule has 0 fully saturated rings. The largest absolute Gasteiger partial charge is 0.480 e. The first-order valence-electron chi connectivity index (χ1n) is 5.32. The second-order valence-corrected chi connectivity index (χ2v) is 6.84. The van der Waals surface area contributed by atoms with E-state index >= 15 is 0 Å². The van der Waals surface area contributed by atoms with Crippen molar-refractivity contribution in [1.29, 1.82) is 0 Å². The summed E-state index contributed by atoms with van der Waals surface area (Å²) < 4.78 is 25.2. The molecule has 0 saturated heterocycles. The molecule has 0 aliphatic carbocycles. The van der Waals surface area contributed by atoms with Gasteiger partial charge in [0.15, 0.2) is 5.25 Å². The first-order chi connectivity index (χ1) is 8.43. The lowest BCUT2D eigenvalue weighted by molar-refractivity contribution is -0.136. The van der Waals surface area contributed by atoms with Crippen molar-refractivity contribution in [1.82, 2.24) is 4.72 Å². The van der Waals surface area contributed by atoms with Gasteiger partial charge in [-0.1, -0.05) is 18.2 Å². The predicted octanol–water partition coefficient (Wildman–Crippen LogP) is 1.17. The molecule has 0 heterocycles. The van der Waals surface area contributed by atoms with E-state index in [4.69, 9.17) is 5.11 Å². The lowest BCUT2D eigenvalue weighted by Crippen LogP contribution is -2.38. The highest BCUT2D eigenvalue weighted by molar-refractivity contribution is 7.99. The molecule has 2 N–H and O–H groups in total. The Labute approximate surface area is 111 Å². The molecule has 7 heteroatoms. The topological polar surface area (TPSA) is 83.5 Å². The first-order valence-corrected chi connectivity index (χ1v) is 7.86. The average Bonchev–Trinajstić information content (AvgIpc) is 2.35. The fraction of sp³-hybridized carbons (Fsp3) is 0.364. The summed E-state index contributed by atoms with van der Waals surface area (Å²) >= 11 is 1.51. The molecule has 0 spiro atoms. The van der Waals surface area contributed by atoms with Crippen LogP contribution in [0.15, 0.2) is 35.2 Å². The molecular weight excluding hydrogens is 274 g/mol. The van der Waals surface area contributed by atoms with Gasteiger partial charge >= 0.3 is 5.97 Å². The lowest BCUT2D eigenvalue weighted by atomic mass is 10.4. The van der Waals surface area contributed by atoms with Crippen LogP contribution in [0.1, 0.15) is 6.92 Å². The van der Waals surface area contributed by atoms with Crippen molar-refractivity contribution in [2.75, 3.05) is 12.3 Å². The molecule has 100 valence electrons. The number of nitrogens with one attached hydrogen (secondary N) is 1. The molecule has 0 saturated carbocycles. The zero-order chi connectivity index (χ0) is 13.6. The van der Waals surface area contributed by atoms with Crippen molar-refractivity contribution >= 4 is 27.8 Å². The summed E-state index contributed by atoms with van der Waals surface area (Å²) in [7, 11) is -3.78. The van der Waals surface area contributed by atoms with Gasteiger partial charge < -0.3 is 5.11 Å². The Morgan fingerprint density at radius 1 is 1.39 bits per heavy atom. The van der Waals surface area contributed by atoms with E-state index in [-0.39, 0.29) is 6.54 Å². The Kier molecular flexibility index (Phi) is 5.64. The molecule has 1 aromatic rings. The van der Waals surface area contributed by atoms with E-state index in [1.807, 2.05) is 30.3 Å². The molecule has 1 aromatic carbocycles. The van der Waals surface area contributed by atoms with Gasteiger partial charge in [-0.15, -0.1) is 11.8 Å². The summed E-state index contributed by atoms with van der Waals surface area (Å²) in [6, 6.07) is 9.57. The van der Waals surface area contributed by atoms with Crippen LogP contribution in [0.3, 0.4) is 0 Å². The minimum Gasteiger partial charge on any atom is -0.480 e. The number of carboxylic acid groups (broad SMARTS) is 1. The molecule has 1 unspecified atom stereocenters. The zero-order valence-corrected chi connectivity index (χ0v) is 11.5. The Morgan fingerprint density at radius 3 is 2.56 bits per heavy atom. The van der Waals surface area contributed by atoms with Crippen LogP contribution in [-0.2, 0) is 14.8 Å². The Bertz CT molecular complexity index is 487. The van der Waals surface area contributed by atoms with E-state index in [2.05, 4.69) is 4.72 Å². The smallest absolute Gasteiger partial charge is 0.323 e. The molecular formula is C11H15NO4S2. The maximum absolute atomic E-state index is 11.5. The van der Waals surface area contributed by atoms with E-state index in [1.165, 1.54) is 11.8 Å². The summed E-state index contributed by atoms with van der Waals surface area (Å²) in [6.07, 6.45) is 0. The monoisotopic (exact) mass is 289 g/mol. The molecule has 0 aromatic heterocycles. The van der Waals surface area contributed by atoms with Crippen molar-refractivity contribution in [2.45, 2.75) is 17.1 Å². The van der Waals surface area contributed by atoms with Crippen LogP contribution in [0, 0.1) is 0 Å². The number of aliphatic carboxylic acids is 1. The molecule has 18 heavy (non-hydrogen) atoms.